The summed E-state index contributed by atoms with van der Waals surface area (Å²) in [6.07, 6.45) is 5.29. The lowest BCUT2D eigenvalue weighted by Crippen LogP contribution is -2.62. The minimum atomic E-state index is -0.804. The van der Waals surface area contributed by atoms with E-state index in [1.807, 2.05) is 18.2 Å². The van der Waals surface area contributed by atoms with Crippen molar-refractivity contribution in [2.24, 2.45) is 11.7 Å². The number of hydrogen-bond donors (Lipinski definition) is 2. The van der Waals surface area contributed by atoms with Crippen LogP contribution in [0.3, 0.4) is 0 Å². The SMILES string of the molecule is NCCOc1c(OCc2ccccc2)cc2c(c1Br)CC1C3CCCCC23CCN1C(=O)O. The van der Waals surface area contributed by atoms with Crippen LogP contribution in [0.4, 0.5) is 4.79 Å². The van der Waals surface area contributed by atoms with Crippen LogP contribution in [0.25, 0.3) is 0 Å². The maximum atomic E-state index is 12.1. The highest BCUT2D eigenvalue weighted by Crippen LogP contribution is 2.59. The highest BCUT2D eigenvalue weighted by Gasteiger charge is 2.55. The normalized spacial score (nSPS) is 25.7. The molecule has 1 heterocycles. The van der Waals surface area contributed by atoms with Crippen LogP contribution in [0, 0.1) is 5.92 Å². The van der Waals surface area contributed by atoms with Gasteiger partial charge >= 0.3 is 6.09 Å². The van der Waals surface area contributed by atoms with Crippen molar-refractivity contribution < 1.29 is 19.4 Å². The molecule has 0 spiro atoms. The summed E-state index contributed by atoms with van der Waals surface area (Å²) in [6.45, 7) is 1.84. The molecule has 2 fully saturated rings. The van der Waals surface area contributed by atoms with Crippen LogP contribution in [0.2, 0.25) is 0 Å². The second-order valence-corrected chi connectivity index (χ2v) is 10.3. The van der Waals surface area contributed by atoms with Gasteiger partial charge in [-0.1, -0.05) is 43.2 Å². The average Bonchev–Trinajstić information content (AvgIpc) is 2.83. The van der Waals surface area contributed by atoms with E-state index >= 15 is 0 Å². The summed E-state index contributed by atoms with van der Waals surface area (Å²) >= 11 is 3.84. The standard InChI is InChI=1S/C26H31BrN2O4/c27-23-18-14-21-19-8-4-5-9-26(19,10-12-29(21)25(30)31)20(18)15-22(24(23)32-13-11-28)33-16-17-6-2-1-3-7-17/h1-3,6-7,15,19,21H,4-5,8-14,16,28H2,(H,30,31). The van der Waals surface area contributed by atoms with Crippen molar-refractivity contribution in [3.8, 4) is 11.5 Å². The smallest absolute Gasteiger partial charge is 0.407 e. The Bertz CT molecular complexity index is 1030. The maximum Gasteiger partial charge on any atom is 0.407 e. The third-order valence-corrected chi connectivity index (χ3v) is 8.69. The van der Waals surface area contributed by atoms with E-state index < -0.39 is 6.09 Å². The number of piperidine rings is 1. The Kier molecular flexibility index (Phi) is 6.27. The summed E-state index contributed by atoms with van der Waals surface area (Å²) < 4.78 is 13.3. The second-order valence-electron chi connectivity index (χ2n) is 9.46. The van der Waals surface area contributed by atoms with Crippen LogP contribution in [0.1, 0.15) is 48.8 Å². The molecule has 1 aliphatic heterocycles. The Hall–Kier alpha value is -2.25. The first-order valence-corrected chi connectivity index (χ1v) is 12.7. The first kappa shape index (κ1) is 22.5. The van der Waals surface area contributed by atoms with Gasteiger partial charge in [-0.15, -0.1) is 0 Å². The third kappa shape index (κ3) is 3.89. The molecule has 1 amide bonds. The quantitative estimate of drug-likeness (QED) is 0.559. The molecule has 33 heavy (non-hydrogen) atoms. The summed E-state index contributed by atoms with van der Waals surface area (Å²) in [4.78, 5) is 13.7. The fourth-order valence-corrected chi connectivity index (χ4v) is 7.12. The van der Waals surface area contributed by atoms with Crippen LogP contribution in [0.5, 0.6) is 11.5 Å². The second kappa shape index (κ2) is 9.18. The van der Waals surface area contributed by atoms with Gasteiger partial charge in [0.2, 0.25) is 0 Å². The van der Waals surface area contributed by atoms with E-state index in [1.165, 1.54) is 24.0 Å². The van der Waals surface area contributed by atoms with Gasteiger partial charge in [0, 0.05) is 24.5 Å². The number of halogens is 1. The molecule has 176 valence electrons. The molecular weight excluding hydrogens is 484 g/mol. The number of carboxylic acid groups (broad SMARTS) is 1. The van der Waals surface area contributed by atoms with Crippen LogP contribution in [-0.2, 0) is 18.4 Å². The number of likely N-dealkylation sites (tertiary alicyclic amines) is 1. The minimum absolute atomic E-state index is 0.00221. The van der Waals surface area contributed by atoms with Crippen molar-refractivity contribution in [2.75, 3.05) is 19.7 Å². The first-order valence-electron chi connectivity index (χ1n) is 11.9. The van der Waals surface area contributed by atoms with E-state index in [1.54, 1.807) is 4.90 Å². The molecular formula is C26H31BrN2O4. The number of carbonyl (C=O) groups is 1. The largest absolute Gasteiger partial charge is 0.487 e. The highest BCUT2D eigenvalue weighted by atomic mass is 79.9. The lowest BCUT2D eigenvalue weighted by molar-refractivity contribution is -0.00317. The molecule has 5 rings (SSSR count). The van der Waals surface area contributed by atoms with Crippen molar-refractivity contribution >= 4 is 22.0 Å². The van der Waals surface area contributed by atoms with Crippen molar-refractivity contribution in [3.63, 3.8) is 0 Å². The van der Waals surface area contributed by atoms with E-state index in [-0.39, 0.29) is 11.5 Å². The van der Waals surface area contributed by atoms with Gasteiger partial charge < -0.3 is 25.2 Å². The van der Waals surface area contributed by atoms with Gasteiger partial charge in [0.25, 0.3) is 0 Å². The predicted octanol–water partition coefficient (Wildman–Crippen LogP) is 5.10. The summed E-state index contributed by atoms with van der Waals surface area (Å²) in [5.41, 5.74) is 9.33. The Labute approximate surface area is 203 Å². The summed E-state index contributed by atoms with van der Waals surface area (Å²) in [6, 6.07) is 12.3. The van der Waals surface area contributed by atoms with E-state index in [9.17, 15) is 9.90 Å². The van der Waals surface area contributed by atoms with Crippen molar-refractivity contribution in [2.45, 2.75) is 56.6 Å². The lowest BCUT2D eigenvalue weighted by atomic mass is 9.52. The predicted molar refractivity (Wildman–Crippen MR) is 130 cm³/mol. The molecule has 2 aromatic carbocycles. The van der Waals surface area contributed by atoms with Gasteiger partial charge in [0.1, 0.15) is 13.2 Å². The average molecular weight is 515 g/mol. The number of nitrogens with two attached hydrogens (primary N) is 1. The number of benzene rings is 2. The van der Waals surface area contributed by atoms with E-state index in [2.05, 4.69) is 34.1 Å². The molecule has 2 aliphatic carbocycles. The molecule has 2 aromatic rings. The van der Waals surface area contributed by atoms with Gasteiger partial charge in [0.05, 0.1) is 4.47 Å². The van der Waals surface area contributed by atoms with Crippen molar-refractivity contribution in [1.82, 2.24) is 4.90 Å². The van der Waals surface area contributed by atoms with Gasteiger partial charge in [-0.2, -0.15) is 0 Å². The van der Waals surface area contributed by atoms with Crippen molar-refractivity contribution in [3.05, 3.63) is 57.6 Å². The van der Waals surface area contributed by atoms with Crippen LogP contribution >= 0.6 is 15.9 Å². The zero-order valence-corrected chi connectivity index (χ0v) is 20.4. The zero-order valence-electron chi connectivity index (χ0n) is 18.8. The zero-order chi connectivity index (χ0) is 23.0. The highest BCUT2D eigenvalue weighted by molar-refractivity contribution is 9.10. The van der Waals surface area contributed by atoms with Crippen LogP contribution in [-0.4, -0.2) is 41.8 Å². The van der Waals surface area contributed by atoms with Gasteiger partial charge in [-0.3, -0.25) is 0 Å². The Morgan fingerprint density at radius 1 is 1.21 bits per heavy atom. The number of amides is 1. The first-order chi connectivity index (χ1) is 16.0. The van der Waals surface area contributed by atoms with E-state index in [4.69, 9.17) is 15.2 Å². The number of ether oxygens (including phenoxy) is 2. The molecule has 0 aromatic heterocycles. The Balaban J connectivity index is 1.59. The van der Waals surface area contributed by atoms with Crippen LogP contribution in [0.15, 0.2) is 40.9 Å². The van der Waals surface area contributed by atoms with E-state index in [0.29, 0.717) is 44.4 Å². The summed E-state index contributed by atoms with van der Waals surface area (Å²) in [5.74, 6) is 1.75. The van der Waals surface area contributed by atoms with Gasteiger partial charge in [-0.25, -0.2) is 4.79 Å². The molecule has 1 saturated heterocycles. The molecule has 3 unspecified atom stereocenters. The van der Waals surface area contributed by atoms with Crippen molar-refractivity contribution in [1.29, 1.82) is 0 Å². The molecule has 2 bridgehead atoms. The van der Waals surface area contributed by atoms with Gasteiger partial charge in [-0.05, 0) is 70.3 Å². The third-order valence-electron chi connectivity index (χ3n) is 7.85. The fraction of sp³-hybridized carbons (Fsp3) is 0.500. The summed E-state index contributed by atoms with van der Waals surface area (Å²) in [7, 11) is 0. The topological polar surface area (TPSA) is 85.0 Å². The lowest BCUT2D eigenvalue weighted by Gasteiger charge is -2.58. The monoisotopic (exact) mass is 514 g/mol. The Morgan fingerprint density at radius 2 is 2.03 bits per heavy atom. The molecule has 1 saturated carbocycles. The molecule has 0 radical (unpaired) electrons. The Morgan fingerprint density at radius 3 is 2.79 bits per heavy atom. The molecule has 3 N–H and O–H groups in total. The number of fused-ring (bicyclic) bond motifs is 1. The molecule has 3 atom stereocenters. The summed E-state index contributed by atoms with van der Waals surface area (Å²) in [5, 5.41) is 9.90. The van der Waals surface area contributed by atoms with Gasteiger partial charge in [0.15, 0.2) is 11.5 Å². The molecule has 6 nitrogen and oxygen atoms in total. The van der Waals surface area contributed by atoms with Crippen LogP contribution < -0.4 is 15.2 Å². The number of hydrogen-bond acceptors (Lipinski definition) is 4. The molecule has 7 heteroatoms. The fourth-order valence-electron chi connectivity index (χ4n) is 6.44. The minimum Gasteiger partial charge on any atom is -0.487 e. The molecule has 3 aliphatic rings. The maximum absolute atomic E-state index is 12.1. The number of nitrogens with zero attached hydrogens (tertiary/aromatic N) is 1. The van der Waals surface area contributed by atoms with E-state index in [0.717, 1.165) is 35.0 Å². The number of rotatable bonds is 6.